The van der Waals surface area contributed by atoms with Crippen LogP contribution in [-0.4, -0.2) is 10.3 Å². The van der Waals surface area contributed by atoms with E-state index in [0.717, 1.165) is 5.69 Å². The van der Waals surface area contributed by atoms with E-state index < -0.39 is 0 Å². The summed E-state index contributed by atoms with van der Waals surface area (Å²) in [7, 11) is 0. The molecule has 0 saturated heterocycles. The predicted octanol–water partition coefficient (Wildman–Crippen LogP) is 1.89. The number of halogens is 1. The molecule has 0 amide bonds. The van der Waals surface area contributed by atoms with Crippen LogP contribution in [0.15, 0.2) is 10.9 Å². The third-order valence-electron chi connectivity index (χ3n) is 0.716. The van der Waals surface area contributed by atoms with Crippen LogP contribution in [0.5, 0.6) is 0 Å². The van der Waals surface area contributed by atoms with E-state index in [1.807, 2.05) is 5.38 Å². The summed E-state index contributed by atoms with van der Waals surface area (Å²) in [6.45, 7) is 0. The molecule has 0 N–H and O–H groups in total. The van der Waals surface area contributed by atoms with Gasteiger partial charge in [-0.1, -0.05) is 21.9 Å². The van der Waals surface area contributed by atoms with Crippen LogP contribution >= 0.6 is 27.3 Å². The van der Waals surface area contributed by atoms with Gasteiger partial charge >= 0.3 is 0 Å². The van der Waals surface area contributed by atoms with E-state index in [-0.39, 0.29) is 0 Å². The molecule has 1 aromatic heterocycles. The Morgan fingerprint density at radius 1 is 1.78 bits per heavy atom. The number of aromatic nitrogens is 1. The van der Waals surface area contributed by atoms with E-state index in [1.165, 1.54) is 0 Å². The number of alkyl halides is 1. The smallest absolute Gasteiger partial charge is 0.124 e. The van der Waals surface area contributed by atoms with Gasteiger partial charge < -0.3 is 0 Å². The van der Waals surface area contributed by atoms with Crippen molar-refractivity contribution in [3.63, 3.8) is 0 Å². The van der Waals surface area contributed by atoms with Gasteiger partial charge in [-0.2, -0.15) is 0 Å². The normalized spacial score (nSPS) is 8.11. The summed E-state index contributed by atoms with van der Waals surface area (Å²) in [6.07, 6.45) is 0. The SMILES string of the molecule is BrCC#Cc1cscn1. The highest BCUT2D eigenvalue weighted by molar-refractivity contribution is 9.09. The maximum atomic E-state index is 3.98. The molecule has 0 saturated carbocycles. The summed E-state index contributed by atoms with van der Waals surface area (Å²) < 4.78 is 0. The van der Waals surface area contributed by atoms with Gasteiger partial charge in [0.15, 0.2) is 0 Å². The van der Waals surface area contributed by atoms with Gasteiger partial charge in [-0.25, -0.2) is 4.98 Å². The minimum absolute atomic E-state index is 0.713. The van der Waals surface area contributed by atoms with Gasteiger partial charge in [0.25, 0.3) is 0 Å². The van der Waals surface area contributed by atoms with Crippen molar-refractivity contribution >= 4 is 27.3 Å². The zero-order chi connectivity index (χ0) is 6.53. The van der Waals surface area contributed by atoms with Gasteiger partial charge in [0.2, 0.25) is 0 Å². The first-order valence-corrected chi connectivity index (χ1v) is 4.43. The fraction of sp³-hybridized carbons (Fsp3) is 0.167. The molecule has 1 heterocycles. The second-order valence-corrected chi connectivity index (χ2v) is 2.59. The van der Waals surface area contributed by atoms with Gasteiger partial charge in [-0.05, 0) is 5.92 Å². The molecule has 46 valence electrons. The van der Waals surface area contributed by atoms with Gasteiger partial charge in [0, 0.05) is 5.38 Å². The zero-order valence-corrected chi connectivity index (χ0v) is 7.00. The van der Waals surface area contributed by atoms with E-state index >= 15 is 0 Å². The highest BCUT2D eigenvalue weighted by Crippen LogP contribution is 1.97. The van der Waals surface area contributed by atoms with Crippen LogP contribution in [0, 0.1) is 11.8 Å². The lowest BCUT2D eigenvalue weighted by Gasteiger charge is -1.70. The van der Waals surface area contributed by atoms with Gasteiger partial charge in [0.05, 0.1) is 10.8 Å². The molecule has 0 unspecified atom stereocenters. The summed E-state index contributed by atoms with van der Waals surface area (Å²) in [5.74, 6) is 5.74. The summed E-state index contributed by atoms with van der Waals surface area (Å²) in [6, 6.07) is 0. The van der Waals surface area contributed by atoms with Crippen molar-refractivity contribution in [3.8, 4) is 11.8 Å². The third kappa shape index (κ3) is 2.17. The van der Waals surface area contributed by atoms with Crippen LogP contribution in [0.25, 0.3) is 0 Å². The maximum Gasteiger partial charge on any atom is 0.124 e. The number of rotatable bonds is 0. The second kappa shape index (κ2) is 3.65. The lowest BCUT2D eigenvalue weighted by Crippen LogP contribution is -1.69. The Hall–Kier alpha value is -0.330. The number of nitrogens with zero attached hydrogens (tertiary/aromatic N) is 1. The molecule has 9 heavy (non-hydrogen) atoms. The molecule has 1 aromatic rings. The molecule has 0 bridgehead atoms. The molecule has 0 aliphatic carbocycles. The highest BCUT2D eigenvalue weighted by Gasteiger charge is 1.82. The van der Waals surface area contributed by atoms with Crippen LogP contribution in [0.2, 0.25) is 0 Å². The van der Waals surface area contributed by atoms with E-state index in [9.17, 15) is 0 Å². The Bertz CT molecular complexity index is 219. The van der Waals surface area contributed by atoms with Gasteiger partial charge in [-0.3, -0.25) is 0 Å². The molecular weight excluding hydrogens is 198 g/mol. The topological polar surface area (TPSA) is 12.9 Å². The zero-order valence-electron chi connectivity index (χ0n) is 4.60. The average molecular weight is 202 g/mol. The average Bonchev–Trinajstić information content (AvgIpc) is 2.34. The molecule has 0 radical (unpaired) electrons. The van der Waals surface area contributed by atoms with Crippen molar-refractivity contribution in [1.82, 2.24) is 4.98 Å². The minimum Gasteiger partial charge on any atom is -0.236 e. The van der Waals surface area contributed by atoms with Crippen LogP contribution < -0.4 is 0 Å². The Balaban J connectivity index is 2.67. The second-order valence-electron chi connectivity index (χ2n) is 1.31. The summed E-state index contributed by atoms with van der Waals surface area (Å²) in [5.41, 5.74) is 2.64. The van der Waals surface area contributed by atoms with Crippen molar-refractivity contribution in [1.29, 1.82) is 0 Å². The van der Waals surface area contributed by atoms with Crippen molar-refractivity contribution in [2.75, 3.05) is 5.33 Å². The highest BCUT2D eigenvalue weighted by atomic mass is 79.9. The summed E-state index contributed by atoms with van der Waals surface area (Å²) in [5, 5.41) is 2.64. The number of thiazole rings is 1. The van der Waals surface area contributed by atoms with E-state index in [0.29, 0.717) is 5.33 Å². The van der Waals surface area contributed by atoms with E-state index in [2.05, 4.69) is 32.8 Å². The van der Waals surface area contributed by atoms with Crippen molar-refractivity contribution in [2.45, 2.75) is 0 Å². The van der Waals surface area contributed by atoms with Gasteiger partial charge in [0.1, 0.15) is 5.69 Å². The van der Waals surface area contributed by atoms with Crippen LogP contribution in [0.1, 0.15) is 5.69 Å². The molecule has 0 aliphatic rings. The lowest BCUT2D eigenvalue weighted by molar-refractivity contribution is 1.37. The monoisotopic (exact) mass is 201 g/mol. The summed E-state index contributed by atoms with van der Waals surface area (Å²) in [4.78, 5) is 3.98. The molecule has 0 atom stereocenters. The third-order valence-corrected chi connectivity index (χ3v) is 1.58. The molecule has 1 nitrogen and oxygen atoms in total. The number of hydrogen-bond donors (Lipinski definition) is 0. The quantitative estimate of drug-likeness (QED) is 0.462. The molecule has 0 spiro atoms. The molecule has 3 heteroatoms. The van der Waals surface area contributed by atoms with Crippen molar-refractivity contribution < 1.29 is 0 Å². The van der Waals surface area contributed by atoms with Crippen LogP contribution in [0.3, 0.4) is 0 Å². The first kappa shape index (κ1) is 6.79. The molecular formula is C6H4BrNS. The fourth-order valence-electron chi connectivity index (χ4n) is 0.398. The molecule has 0 aliphatic heterocycles. The minimum atomic E-state index is 0.713. The maximum absolute atomic E-state index is 3.98. The predicted molar refractivity (Wildman–Crippen MR) is 42.8 cm³/mol. The first-order valence-electron chi connectivity index (χ1n) is 2.36. The Morgan fingerprint density at radius 2 is 2.67 bits per heavy atom. The standard InChI is InChI=1S/C6H4BrNS/c7-3-1-2-6-4-9-5-8-6/h4-5H,3H2. The first-order chi connectivity index (χ1) is 4.43. The summed E-state index contributed by atoms with van der Waals surface area (Å²) >= 11 is 4.76. The molecule has 0 fully saturated rings. The van der Waals surface area contributed by atoms with Crippen LogP contribution in [-0.2, 0) is 0 Å². The number of hydrogen-bond acceptors (Lipinski definition) is 2. The van der Waals surface area contributed by atoms with Gasteiger partial charge in [-0.15, -0.1) is 11.3 Å². The molecule has 1 rings (SSSR count). The Morgan fingerprint density at radius 3 is 3.22 bits per heavy atom. The van der Waals surface area contributed by atoms with Crippen molar-refractivity contribution in [3.05, 3.63) is 16.6 Å². The van der Waals surface area contributed by atoms with Crippen molar-refractivity contribution in [2.24, 2.45) is 0 Å². The lowest BCUT2D eigenvalue weighted by atomic mass is 10.5. The largest absolute Gasteiger partial charge is 0.236 e. The molecule has 0 aromatic carbocycles. The Labute approximate surface area is 66.3 Å². The van der Waals surface area contributed by atoms with E-state index in [4.69, 9.17) is 0 Å². The van der Waals surface area contributed by atoms with E-state index in [1.54, 1.807) is 16.8 Å². The Kier molecular flexibility index (Phi) is 2.75. The van der Waals surface area contributed by atoms with Crippen LogP contribution in [0.4, 0.5) is 0 Å². The fourth-order valence-corrected chi connectivity index (χ4v) is 1.02.